The minimum absolute atomic E-state index is 0.400. The van der Waals surface area contributed by atoms with Crippen LogP contribution in [-0.2, 0) is 0 Å². The van der Waals surface area contributed by atoms with Gasteiger partial charge < -0.3 is 13.6 Å². The average Bonchev–Trinajstić information content (AvgIpc) is 1.57. The van der Waals surface area contributed by atoms with Crippen molar-refractivity contribution in [3.05, 3.63) is 352 Å². The fraction of sp³-hybridized carbons (Fsp3) is 0. The van der Waals surface area contributed by atoms with E-state index < -0.39 is 0 Å². The Morgan fingerprint density at radius 2 is 0.584 bits per heavy atom. The summed E-state index contributed by atoms with van der Waals surface area (Å²) < 4.78 is 16.1. The fourth-order valence-corrected chi connectivity index (χ4v) is 16.8. The van der Waals surface area contributed by atoms with Crippen molar-refractivity contribution >= 4 is 109 Å². The average molecular weight is 1450 g/mol. The van der Waals surface area contributed by atoms with Crippen LogP contribution in [0, 0.1) is 0 Å². The first-order valence-corrected chi connectivity index (χ1v) is 37.5. The standard InChI is InChI=1S/C98H58N14O/c1-2-21-59(22-3-1)60-40-46-65(47-41-60)109-81-34-8-4-23-66(81)72-55-61(42-48-85(72)109)63-44-51-88-75(57-63)69-26-7-11-37-84(69)112(88)98-107-95(79-31-14-17-54-101-79)104-96(108-98)80-33-20-32-76(102-80)70-27-19-39-90-91(70)71-28-18-38-89(92(71)113-90)110-82-35-9-5-24-67(82)73-56-62(43-49-86(73)110)64-45-50-87-74(58-64)68-25-6-10-36-83(68)111(87)97-105-93(77-29-12-15-52-99-77)103-94(106-97)78-30-13-16-53-100-78/h1-58H. The number of para-hydroxylation sites is 5. The lowest BCUT2D eigenvalue weighted by Gasteiger charge is -2.11. The molecule has 0 fully saturated rings. The summed E-state index contributed by atoms with van der Waals surface area (Å²) in [6.45, 7) is 0. The van der Waals surface area contributed by atoms with Gasteiger partial charge in [-0.2, -0.15) is 19.9 Å². The smallest absolute Gasteiger partial charge is 0.238 e. The monoisotopic (exact) mass is 1450 g/mol. The van der Waals surface area contributed by atoms with Gasteiger partial charge in [-0.1, -0.05) is 188 Å². The highest BCUT2D eigenvalue weighted by Crippen LogP contribution is 2.45. The maximum Gasteiger partial charge on any atom is 0.238 e. The molecule has 526 valence electrons. The predicted octanol–water partition coefficient (Wildman–Crippen LogP) is 23.3. The molecule has 0 unspecified atom stereocenters. The normalized spacial score (nSPS) is 11.9. The van der Waals surface area contributed by atoms with E-state index >= 15 is 0 Å². The lowest BCUT2D eigenvalue weighted by atomic mass is 10.0. The zero-order valence-corrected chi connectivity index (χ0v) is 60.2. The Hall–Kier alpha value is -15.7. The van der Waals surface area contributed by atoms with Gasteiger partial charge in [-0.15, -0.1) is 0 Å². The van der Waals surface area contributed by atoms with Crippen molar-refractivity contribution < 1.29 is 4.42 Å². The first kappa shape index (κ1) is 63.4. The number of hydrogen-bond acceptors (Lipinski definition) is 11. The maximum atomic E-state index is 7.12. The molecule has 15 nitrogen and oxygen atoms in total. The summed E-state index contributed by atoms with van der Waals surface area (Å²) in [5.41, 5.74) is 22.5. The molecule has 11 aromatic heterocycles. The lowest BCUT2D eigenvalue weighted by Crippen LogP contribution is -2.07. The van der Waals surface area contributed by atoms with Crippen LogP contribution in [0.25, 0.3) is 223 Å². The molecule has 0 saturated heterocycles. The van der Waals surface area contributed by atoms with Gasteiger partial charge in [-0.25, -0.2) is 15.0 Å². The number of aromatic nitrogens is 14. The van der Waals surface area contributed by atoms with Crippen LogP contribution in [0.5, 0.6) is 0 Å². The highest BCUT2D eigenvalue weighted by atomic mass is 16.3. The van der Waals surface area contributed by atoms with Crippen molar-refractivity contribution in [3.8, 4) is 114 Å². The maximum absolute atomic E-state index is 7.12. The van der Waals surface area contributed by atoms with Gasteiger partial charge >= 0.3 is 0 Å². The van der Waals surface area contributed by atoms with Crippen LogP contribution in [0.15, 0.2) is 357 Å². The number of benzene rings is 12. The molecule has 0 atom stereocenters. The highest BCUT2D eigenvalue weighted by Gasteiger charge is 2.26. The Labute approximate surface area is 644 Å². The van der Waals surface area contributed by atoms with Gasteiger partial charge in [-0.3, -0.25) is 24.1 Å². The first-order chi connectivity index (χ1) is 56.0. The molecule has 0 spiro atoms. The van der Waals surface area contributed by atoms with E-state index in [1.54, 1.807) is 18.6 Å². The summed E-state index contributed by atoms with van der Waals surface area (Å²) in [4.78, 5) is 50.4. The van der Waals surface area contributed by atoms with Crippen molar-refractivity contribution in [2.45, 2.75) is 0 Å². The van der Waals surface area contributed by atoms with Crippen molar-refractivity contribution in [2.75, 3.05) is 0 Å². The minimum atomic E-state index is 0.400. The third-order valence-electron chi connectivity index (χ3n) is 21.9. The third kappa shape index (κ3) is 10.3. The van der Waals surface area contributed by atoms with E-state index in [2.05, 4.69) is 277 Å². The van der Waals surface area contributed by atoms with E-state index in [9.17, 15) is 0 Å². The van der Waals surface area contributed by atoms with E-state index in [0.717, 1.165) is 143 Å². The van der Waals surface area contributed by atoms with Gasteiger partial charge in [0.25, 0.3) is 0 Å². The van der Waals surface area contributed by atoms with Crippen molar-refractivity contribution in [3.63, 3.8) is 0 Å². The number of rotatable bonds is 12. The molecule has 0 aliphatic rings. The molecule has 0 N–H and O–H groups in total. The van der Waals surface area contributed by atoms with Crippen molar-refractivity contribution in [2.24, 2.45) is 0 Å². The van der Waals surface area contributed by atoms with E-state index in [1.807, 2.05) is 84.9 Å². The Morgan fingerprint density at radius 1 is 0.221 bits per heavy atom. The Balaban J connectivity index is 0.605. The molecule has 113 heavy (non-hydrogen) atoms. The van der Waals surface area contributed by atoms with E-state index in [0.29, 0.717) is 58.0 Å². The van der Waals surface area contributed by atoms with Crippen LogP contribution in [0.2, 0.25) is 0 Å². The van der Waals surface area contributed by atoms with E-state index in [4.69, 9.17) is 44.3 Å². The second-order valence-corrected chi connectivity index (χ2v) is 28.3. The Morgan fingerprint density at radius 3 is 1.07 bits per heavy atom. The molecule has 12 aromatic carbocycles. The number of nitrogens with zero attached hydrogens (tertiary/aromatic N) is 14. The SMILES string of the molecule is c1ccc(-c2ccc(-n3c4ccccc4c4cc(-c5ccc6c(c5)c5ccccc5n6-c5nc(-c6ccccn6)nc(-c6cccc(-c7cccc8oc9c(-n%10c%11ccccc%11c%11cc(-c%12ccc%13c(c%12)c%12ccccc%12n%13-c%12nc(-c%13ccccn%13)nc(-c%13ccccn%13)n%12)ccc%11%10)cccc9c78)n6)n5)ccc43)cc2)cc1. The number of fused-ring (bicyclic) bond motifs is 15. The zero-order valence-electron chi connectivity index (χ0n) is 60.2. The van der Waals surface area contributed by atoms with Gasteiger partial charge in [-0.05, 0) is 179 Å². The molecule has 0 aliphatic heterocycles. The molecule has 15 heteroatoms. The van der Waals surface area contributed by atoms with Crippen molar-refractivity contribution in [1.29, 1.82) is 0 Å². The fourth-order valence-electron chi connectivity index (χ4n) is 16.8. The largest absolute Gasteiger partial charge is 0.454 e. The van der Waals surface area contributed by atoms with Crippen LogP contribution in [0.3, 0.4) is 0 Å². The summed E-state index contributed by atoms with van der Waals surface area (Å²) in [6, 6.07) is 116. The zero-order chi connectivity index (χ0) is 74.2. The van der Waals surface area contributed by atoms with E-state index in [1.165, 1.54) is 21.9 Å². The number of pyridine rings is 4. The van der Waals surface area contributed by atoms with Gasteiger partial charge in [0.1, 0.15) is 28.4 Å². The second-order valence-electron chi connectivity index (χ2n) is 28.3. The van der Waals surface area contributed by atoms with Gasteiger partial charge in [0.2, 0.25) is 11.9 Å². The number of furan rings is 1. The third-order valence-corrected chi connectivity index (χ3v) is 21.9. The minimum Gasteiger partial charge on any atom is -0.454 e. The summed E-state index contributed by atoms with van der Waals surface area (Å²) in [5, 5.41) is 10.8. The predicted molar refractivity (Wildman–Crippen MR) is 453 cm³/mol. The molecule has 0 saturated carbocycles. The second kappa shape index (κ2) is 25.5. The molecular formula is C98H58N14O. The molecule has 23 rings (SSSR count). The van der Waals surface area contributed by atoms with Gasteiger partial charge in [0.15, 0.2) is 28.9 Å². The van der Waals surface area contributed by atoms with Crippen LogP contribution in [0.1, 0.15) is 0 Å². The molecule has 0 amide bonds. The van der Waals surface area contributed by atoms with Crippen LogP contribution >= 0.6 is 0 Å². The van der Waals surface area contributed by atoms with Crippen LogP contribution in [0.4, 0.5) is 0 Å². The highest BCUT2D eigenvalue weighted by molar-refractivity contribution is 6.18. The molecule has 11 heterocycles. The molecule has 0 radical (unpaired) electrons. The van der Waals surface area contributed by atoms with E-state index in [-0.39, 0.29) is 0 Å². The Kier molecular flexibility index (Phi) is 14.3. The first-order valence-electron chi connectivity index (χ1n) is 37.5. The summed E-state index contributed by atoms with van der Waals surface area (Å²) >= 11 is 0. The van der Waals surface area contributed by atoms with Crippen molar-refractivity contribution in [1.82, 2.24) is 68.1 Å². The summed E-state index contributed by atoms with van der Waals surface area (Å²) in [6.07, 6.45) is 5.26. The van der Waals surface area contributed by atoms with Crippen LogP contribution in [-0.4, -0.2) is 68.1 Å². The lowest BCUT2D eigenvalue weighted by molar-refractivity contribution is 0.666. The molecule has 0 bridgehead atoms. The molecule has 0 aliphatic carbocycles. The quantitative estimate of drug-likeness (QED) is 0.114. The summed E-state index contributed by atoms with van der Waals surface area (Å²) in [5.74, 6) is 2.64. The Bertz CT molecular complexity index is 7740. The molecule has 23 aromatic rings. The van der Waals surface area contributed by atoms with Gasteiger partial charge in [0, 0.05) is 83.7 Å². The van der Waals surface area contributed by atoms with Gasteiger partial charge in [0.05, 0.1) is 55.5 Å². The topological polar surface area (TPSA) is 162 Å². The molecular weight excluding hydrogens is 1390 g/mol. The van der Waals surface area contributed by atoms with Crippen LogP contribution < -0.4 is 0 Å². The number of hydrogen-bond donors (Lipinski definition) is 0. The summed E-state index contributed by atoms with van der Waals surface area (Å²) in [7, 11) is 0.